The minimum atomic E-state index is -0.366. The van der Waals surface area contributed by atoms with Gasteiger partial charge in [0.05, 0.1) is 25.0 Å². The molecule has 1 aromatic heterocycles. The topological polar surface area (TPSA) is 63.2 Å². The molecule has 0 amide bonds. The van der Waals surface area contributed by atoms with Crippen molar-refractivity contribution < 1.29 is 9.15 Å². The molecule has 208 valence electrons. The van der Waals surface area contributed by atoms with Crippen LogP contribution in [0, 0.1) is 19.8 Å². The van der Waals surface area contributed by atoms with Crippen molar-refractivity contribution >= 4 is 12.3 Å². The fourth-order valence-corrected chi connectivity index (χ4v) is 4.04. The third-order valence-electron chi connectivity index (χ3n) is 6.30. The Morgan fingerprint density at radius 2 is 2.00 bits per heavy atom. The first-order valence-corrected chi connectivity index (χ1v) is 13.2. The number of terminal acetylenes is 1. The molecule has 0 atom stereocenters. The Labute approximate surface area is 233 Å². The molecule has 1 saturated heterocycles. The predicted octanol–water partition coefficient (Wildman–Crippen LogP) is 5.28. The Kier molecular flexibility index (Phi) is 12.8. The first kappa shape index (κ1) is 31.2. The van der Waals surface area contributed by atoms with E-state index in [0.717, 1.165) is 66.4 Å². The number of hydrogen-bond acceptors (Lipinski definition) is 6. The van der Waals surface area contributed by atoms with E-state index in [1.807, 2.05) is 44.3 Å². The maximum absolute atomic E-state index is 12.4. The molecule has 1 aliphatic heterocycles. The van der Waals surface area contributed by atoms with Gasteiger partial charge in [-0.25, -0.2) is 4.79 Å². The Bertz CT molecular complexity index is 1280. The minimum Gasteiger partial charge on any atom is -0.491 e. The van der Waals surface area contributed by atoms with Gasteiger partial charge in [0.1, 0.15) is 12.4 Å². The number of allylic oxidation sites excluding steroid dienone is 4. The maximum Gasteiger partial charge on any atom is 0.419 e. The van der Waals surface area contributed by atoms with E-state index >= 15 is 0 Å². The third kappa shape index (κ3) is 9.99. The van der Waals surface area contributed by atoms with Gasteiger partial charge in [0, 0.05) is 38.9 Å². The molecule has 1 aromatic carbocycles. The molecule has 1 aliphatic rings. The second-order valence-electron chi connectivity index (χ2n) is 9.50. The lowest BCUT2D eigenvalue weighted by molar-refractivity contribution is 0.142. The van der Waals surface area contributed by atoms with Crippen molar-refractivity contribution in [3.63, 3.8) is 0 Å². The lowest BCUT2D eigenvalue weighted by Gasteiger charge is -2.35. The van der Waals surface area contributed by atoms with Crippen LogP contribution in [-0.4, -0.2) is 60.4 Å². The van der Waals surface area contributed by atoms with E-state index in [2.05, 4.69) is 66.9 Å². The third-order valence-corrected chi connectivity index (χ3v) is 6.30. The van der Waals surface area contributed by atoms with E-state index in [1.165, 1.54) is 0 Å². The average Bonchev–Trinajstić information content (AvgIpc) is 3.18. The zero-order chi connectivity index (χ0) is 28.8. The van der Waals surface area contributed by atoms with Gasteiger partial charge >= 0.3 is 5.76 Å². The van der Waals surface area contributed by atoms with Gasteiger partial charge < -0.3 is 14.1 Å². The molecule has 2 heterocycles. The van der Waals surface area contributed by atoms with Crippen LogP contribution in [0.1, 0.15) is 42.8 Å². The van der Waals surface area contributed by atoms with E-state index in [1.54, 1.807) is 10.6 Å². The Balaban J connectivity index is 0.00000260. The van der Waals surface area contributed by atoms with E-state index in [4.69, 9.17) is 9.15 Å². The molecule has 0 saturated carbocycles. The van der Waals surface area contributed by atoms with Crippen molar-refractivity contribution in [2.24, 2.45) is 4.99 Å². The summed E-state index contributed by atoms with van der Waals surface area (Å²) in [6, 6.07) is 8.11. The number of aromatic nitrogens is 1. The summed E-state index contributed by atoms with van der Waals surface area (Å²) in [5, 5.41) is 0. The van der Waals surface area contributed by atoms with Gasteiger partial charge in [-0.15, -0.1) is 12.8 Å². The standard InChI is InChI=1S/C30H40N4O3.C2H2/c1-7-9-28(36-17-16-33-15-14-32(6)24(4)21-33)20-31-19-26-10-8-11-27(18-26)22-34-25(5)29(37-30(34)35)13-12-23(2)3;1-2/h8-13,18,20H,2,4,7,14-17,19,21-22H2,1,3,5-6H3;1-2H/b13-12-,28-9+,31-20?;. The molecule has 0 spiro atoms. The number of aliphatic imine (C=N–C) groups is 1. The summed E-state index contributed by atoms with van der Waals surface area (Å²) in [5.74, 6) is 0.985. The normalized spacial score (nSPS) is 14.6. The van der Waals surface area contributed by atoms with Crippen molar-refractivity contribution in [3.05, 3.63) is 99.7 Å². The number of hydrogen-bond donors (Lipinski definition) is 0. The monoisotopic (exact) mass is 530 g/mol. The van der Waals surface area contributed by atoms with Crippen molar-refractivity contribution in [1.82, 2.24) is 14.4 Å². The van der Waals surface area contributed by atoms with Gasteiger partial charge in [0.15, 0.2) is 5.76 Å². The van der Waals surface area contributed by atoms with Crippen LogP contribution in [0.3, 0.4) is 0 Å². The number of nitrogens with zero attached hydrogens (tertiary/aromatic N) is 4. The highest BCUT2D eigenvalue weighted by atomic mass is 16.5. The summed E-state index contributed by atoms with van der Waals surface area (Å²) in [6.45, 7) is 19.2. The van der Waals surface area contributed by atoms with Crippen LogP contribution in [0.5, 0.6) is 0 Å². The van der Waals surface area contributed by atoms with Crippen molar-refractivity contribution in [1.29, 1.82) is 0 Å². The predicted molar refractivity (Wildman–Crippen MR) is 162 cm³/mol. The lowest BCUT2D eigenvalue weighted by Crippen LogP contribution is -2.43. The average molecular weight is 531 g/mol. The molecule has 7 nitrogen and oxygen atoms in total. The number of rotatable bonds is 12. The molecular weight excluding hydrogens is 488 g/mol. The molecule has 7 heteroatoms. The Morgan fingerprint density at radius 1 is 1.26 bits per heavy atom. The van der Waals surface area contributed by atoms with E-state index < -0.39 is 0 Å². The minimum absolute atomic E-state index is 0.366. The lowest BCUT2D eigenvalue weighted by atomic mass is 10.1. The second-order valence-corrected chi connectivity index (χ2v) is 9.50. The van der Waals surface area contributed by atoms with Gasteiger partial charge in [-0.3, -0.25) is 14.5 Å². The fourth-order valence-electron chi connectivity index (χ4n) is 4.04. The number of ether oxygens (including phenoxy) is 1. The molecule has 0 aliphatic carbocycles. The summed E-state index contributed by atoms with van der Waals surface area (Å²) in [7, 11) is 2.09. The van der Waals surface area contributed by atoms with Crippen molar-refractivity contribution in [3.8, 4) is 12.8 Å². The van der Waals surface area contributed by atoms with Crippen LogP contribution in [-0.2, 0) is 17.8 Å². The molecule has 1 fully saturated rings. The molecule has 0 bridgehead atoms. The van der Waals surface area contributed by atoms with Crippen LogP contribution in [0.4, 0.5) is 0 Å². The molecule has 3 rings (SSSR count). The van der Waals surface area contributed by atoms with Gasteiger partial charge in [0.2, 0.25) is 0 Å². The molecule has 0 unspecified atom stereocenters. The first-order valence-electron chi connectivity index (χ1n) is 13.2. The number of oxazole rings is 1. The summed E-state index contributed by atoms with van der Waals surface area (Å²) in [5.41, 5.74) is 4.91. The summed E-state index contributed by atoms with van der Waals surface area (Å²) in [4.78, 5) is 21.6. The Morgan fingerprint density at radius 3 is 2.69 bits per heavy atom. The van der Waals surface area contributed by atoms with Gasteiger partial charge in [-0.2, -0.15) is 0 Å². The molecule has 2 aromatic rings. The second kappa shape index (κ2) is 16.1. The van der Waals surface area contributed by atoms with E-state index in [9.17, 15) is 4.79 Å². The quantitative estimate of drug-likeness (QED) is 0.162. The van der Waals surface area contributed by atoms with E-state index in [0.29, 0.717) is 25.5 Å². The van der Waals surface area contributed by atoms with Crippen molar-refractivity contribution in [2.75, 3.05) is 39.8 Å². The van der Waals surface area contributed by atoms with Crippen LogP contribution in [0.2, 0.25) is 0 Å². The molecular formula is C32H42N4O3. The smallest absolute Gasteiger partial charge is 0.419 e. The first-order chi connectivity index (χ1) is 18.8. The summed E-state index contributed by atoms with van der Waals surface area (Å²) < 4.78 is 13.1. The number of piperazine rings is 1. The SMILES string of the molecule is C#C.C=C(C)/C=C\c1oc(=O)n(Cc2cccc(CN=C/C(=C\CC)OCCN3CCN(C)C(=C)C3)c2)c1C. The largest absolute Gasteiger partial charge is 0.491 e. The van der Waals surface area contributed by atoms with Crippen LogP contribution in [0.15, 0.2) is 80.8 Å². The maximum atomic E-state index is 12.4. The summed E-state index contributed by atoms with van der Waals surface area (Å²) >= 11 is 0. The Hall–Kier alpha value is -4.02. The van der Waals surface area contributed by atoms with E-state index in [-0.39, 0.29) is 5.76 Å². The zero-order valence-electron chi connectivity index (χ0n) is 23.9. The van der Waals surface area contributed by atoms with Crippen molar-refractivity contribution in [2.45, 2.75) is 40.3 Å². The van der Waals surface area contributed by atoms with Crippen LogP contribution in [0.25, 0.3) is 6.08 Å². The fraction of sp³-hybridized carbons (Fsp3) is 0.375. The highest BCUT2D eigenvalue weighted by Crippen LogP contribution is 2.14. The van der Waals surface area contributed by atoms with Crippen LogP contribution < -0.4 is 5.76 Å². The number of benzene rings is 1. The molecule has 0 N–H and O–H groups in total. The number of likely N-dealkylation sites (N-methyl/N-ethyl adjacent to an activating group) is 1. The highest BCUT2D eigenvalue weighted by molar-refractivity contribution is 5.75. The van der Waals surface area contributed by atoms with Gasteiger partial charge in [-0.05, 0) is 43.5 Å². The van der Waals surface area contributed by atoms with Crippen LogP contribution >= 0.6 is 0 Å². The van der Waals surface area contributed by atoms with Gasteiger partial charge in [0.25, 0.3) is 0 Å². The summed E-state index contributed by atoms with van der Waals surface area (Å²) in [6.07, 6.45) is 16.4. The van der Waals surface area contributed by atoms with Gasteiger partial charge in [-0.1, -0.05) is 56.0 Å². The molecule has 39 heavy (non-hydrogen) atoms. The molecule has 0 radical (unpaired) electrons. The highest BCUT2D eigenvalue weighted by Gasteiger charge is 2.16. The zero-order valence-corrected chi connectivity index (χ0v) is 23.9.